The molecule has 0 fully saturated rings. The Morgan fingerprint density at radius 1 is 1.25 bits per heavy atom. The fourth-order valence-electron chi connectivity index (χ4n) is 2.32. The van der Waals surface area contributed by atoms with Crippen molar-refractivity contribution in [2.75, 3.05) is 13.1 Å². The molecule has 1 aromatic carbocycles. The molecule has 0 saturated carbocycles. The van der Waals surface area contributed by atoms with Crippen LogP contribution in [0.5, 0.6) is 0 Å². The van der Waals surface area contributed by atoms with E-state index in [0.29, 0.717) is 5.92 Å². The molecular weight excluding hydrogens is 253 g/mol. The molecule has 2 rings (SSSR count). The number of halogens is 1. The maximum absolute atomic E-state index is 13.1. The Morgan fingerprint density at radius 3 is 2.60 bits per heavy atom. The molecule has 108 valence electrons. The number of hydrogen-bond donors (Lipinski definition) is 1. The second-order valence-corrected chi connectivity index (χ2v) is 5.14. The summed E-state index contributed by atoms with van der Waals surface area (Å²) < 4.78 is 14.9. The van der Waals surface area contributed by atoms with Crippen molar-refractivity contribution in [1.29, 1.82) is 0 Å². The number of rotatable bonds is 7. The number of nitrogens with zero attached hydrogens (tertiary/aromatic N) is 2. The number of aryl methyl sites for hydroxylation is 1. The van der Waals surface area contributed by atoms with Crippen LogP contribution in [0.1, 0.15) is 30.5 Å². The molecule has 0 radical (unpaired) electrons. The van der Waals surface area contributed by atoms with E-state index < -0.39 is 0 Å². The van der Waals surface area contributed by atoms with Gasteiger partial charge < -0.3 is 5.32 Å². The molecule has 0 aliphatic heterocycles. The van der Waals surface area contributed by atoms with Crippen LogP contribution in [0.15, 0.2) is 36.5 Å². The van der Waals surface area contributed by atoms with E-state index in [2.05, 4.69) is 17.3 Å². The summed E-state index contributed by atoms with van der Waals surface area (Å²) in [5.74, 6) is 0.129. The largest absolute Gasteiger partial charge is 0.316 e. The van der Waals surface area contributed by atoms with Crippen molar-refractivity contribution in [3.05, 3.63) is 53.6 Å². The lowest BCUT2D eigenvalue weighted by molar-refractivity contribution is 0.565. The highest BCUT2D eigenvalue weighted by Crippen LogP contribution is 2.20. The van der Waals surface area contributed by atoms with E-state index in [9.17, 15) is 4.39 Å². The van der Waals surface area contributed by atoms with E-state index in [4.69, 9.17) is 0 Å². The number of hydrogen-bond acceptors (Lipinski definition) is 2. The monoisotopic (exact) mass is 275 g/mol. The van der Waals surface area contributed by atoms with Gasteiger partial charge in [-0.05, 0) is 43.1 Å². The minimum atomic E-state index is -0.188. The third-order valence-electron chi connectivity index (χ3n) is 3.38. The molecule has 20 heavy (non-hydrogen) atoms. The maximum atomic E-state index is 13.1. The molecule has 0 aliphatic carbocycles. The molecular formula is C16H22FN3. The summed E-state index contributed by atoms with van der Waals surface area (Å²) >= 11 is 0. The Morgan fingerprint density at radius 2 is 2.00 bits per heavy atom. The molecule has 1 N–H and O–H groups in total. The summed E-state index contributed by atoms with van der Waals surface area (Å²) in [6.07, 6.45) is 3.93. The predicted molar refractivity (Wildman–Crippen MR) is 79.2 cm³/mol. The zero-order valence-electron chi connectivity index (χ0n) is 12.1. The van der Waals surface area contributed by atoms with E-state index in [-0.39, 0.29) is 5.82 Å². The van der Waals surface area contributed by atoms with Gasteiger partial charge in [-0.3, -0.25) is 4.68 Å². The van der Waals surface area contributed by atoms with Crippen LogP contribution in [0.3, 0.4) is 0 Å². The Hall–Kier alpha value is -1.68. The smallest absolute Gasteiger partial charge is 0.123 e. The van der Waals surface area contributed by atoms with Crippen LogP contribution in [0.4, 0.5) is 4.39 Å². The van der Waals surface area contributed by atoms with Gasteiger partial charge in [0.1, 0.15) is 5.82 Å². The summed E-state index contributed by atoms with van der Waals surface area (Å²) in [4.78, 5) is 0. The van der Waals surface area contributed by atoms with Crippen molar-refractivity contribution in [2.24, 2.45) is 7.05 Å². The van der Waals surface area contributed by atoms with Crippen LogP contribution in [0.25, 0.3) is 0 Å². The van der Waals surface area contributed by atoms with Gasteiger partial charge in [-0.1, -0.05) is 19.1 Å². The quantitative estimate of drug-likeness (QED) is 0.787. The molecule has 1 unspecified atom stereocenters. The summed E-state index contributed by atoms with van der Waals surface area (Å²) in [6, 6.07) is 8.84. The third-order valence-corrected chi connectivity index (χ3v) is 3.38. The van der Waals surface area contributed by atoms with Gasteiger partial charge in [0, 0.05) is 25.7 Å². The first-order chi connectivity index (χ1) is 9.69. The van der Waals surface area contributed by atoms with E-state index in [1.807, 2.05) is 36.1 Å². The van der Waals surface area contributed by atoms with Crippen LogP contribution in [-0.4, -0.2) is 22.9 Å². The standard InChI is InChI=1S/C16H22FN3/c1-3-9-18-12-14(11-16-8-10-20(2)19-16)13-4-6-15(17)7-5-13/h4-8,10,14,18H,3,9,11-12H2,1-2H3. The second kappa shape index (κ2) is 7.20. The molecule has 1 atom stereocenters. The molecule has 0 saturated heterocycles. The highest BCUT2D eigenvalue weighted by atomic mass is 19.1. The Labute approximate surface area is 119 Å². The molecule has 2 aromatic rings. The summed E-state index contributed by atoms with van der Waals surface area (Å²) in [5, 5.41) is 7.88. The summed E-state index contributed by atoms with van der Waals surface area (Å²) in [5.41, 5.74) is 2.22. The van der Waals surface area contributed by atoms with E-state index in [0.717, 1.165) is 37.2 Å². The fourth-order valence-corrected chi connectivity index (χ4v) is 2.32. The molecule has 0 aliphatic rings. The van der Waals surface area contributed by atoms with Crippen molar-refractivity contribution in [1.82, 2.24) is 15.1 Å². The minimum absolute atomic E-state index is 0.188. The SMILES string of the molecule is CCCNCC(Cc1ccn(C)n1)c1ccc(F)cc1. The molecule has 0 amide bonds. The number of nitrogens with one attached hydrogen (secondary N) is 1. The average Bonchev–Trinajstić information content (AvgIpc) is 2.84. The van der Waals surface area contributed by atoms with Gasteiger partial charge in [0.25, 0.3) is 0 Å². The van der Waals surface area contributed by atoms with Gasteiger partial charge in [0.05, 0.1) is 5.69 Å². The Balaban J connectivity index is 2.09. The van der Waals surface area contributed by atoms with Crippen molar-refractivity contribution in [2.45, 2.75) is 25.7 Å². The minimum Gasteiger partial charge on any atom is -0.316 e. The van der Waals surface area contributed by atoms with Crippen molar-refractivity contribution < 1.29 is 4.39 Å². The van der Waals surface area contributed by atoms with E-state index in [1.165, 1.54) is 12.1 Å². The molecule has 1 aromatic heterocycles. The van der Waals surface area contributed by atoms with Crippen LogP contribution in [0.2, 0.25) is 0 Å². The molecule has 0 bridgehead atoms. The van der Waals surface area contributed by atoms with Crippen molar-refractivity contribution >= 4 is 0 Å². The highest BCUT2D eigenvalue weighted by molar-refractivity contribution is 5.22. The zero-order valence-corrected chi connectivity index (χ0v) is 12.1. The van der Waals surface area contributed by atoms with Gasteiger partial charge in [0.2, 0.25) is 0 Å². The second-order valence-electron chi connectivity index (χ2n) is 5.14. The predicted octanol–water partition coefficient (Wildman–Crippen LogP) is 2.89. The van der Waals surface area contributed by atoms with Crippen molar-refractivity contribution in [3.8, 4) is 0 Å². The van der Waals surface area contributed by atoms with Crippen LogP contribution >= 0.6 is 0 Å². The van der Waals surface area contributed by atoms with Gasteiger partial charge in [0.15, 0.2) is 0 Å². The molecule has 4 heteroatoms. The zero-order chi connectivity index (χ0) is 14.4. The van der Waals surface area contributed by atoms with Gasteiger partial charge >= 0.3 is 0 Å². The first kappa shape index (κ1) is 14.7. The average molecular weight is 275 g/mol. The van der Waals surface area contributed by atoms with Crippen molar-refractivity contribution in [3.63, 3.8) is 0 Å². The lowest BCUT2D eigenvalue weighted by atomic mass is 9.94. The van der Waals surface area contributed by atoms with Crippen LogP contribution in [0, 0.1) is 5.82 Å². The topological polar surface area (TPSA) is 29.9 Å². The Bertz CT molecular complexity index is 519. The van der Waals surface area contributed by atoms with Gasteiger partial charge in [-0.25, -0.2) is 4.39 Å². The number of benzene rings is 1. The summed E-state index contributed by atoms with van der Waals surface area (Å²) in [6.45, 7) is 4.04. The maximum Gasteiger partial charge on any atom is 0.123 e. The highest BCUT2D eigenvalue weighted by Gasteiger charge is 2.13. The first-order valence-electron chi connectivity index (χ1n) is 7.13. The molecule has 1 heterocycles. The molecule has 0 spiro atoms. The fraction of sp³-hybridized carbons (Fsp3) is 0.438. The molecule has 3 nitrogen and oxygen atoms in total. The third kappa shape index (κ3) is 4.17. The van der Waals surface area contributed by atoms with Crippen LogP contribution in [-0.2, 0) is 13.5 Å². The first-order valence-corrected chi connectivity index (χ1v) is 7.13. The van der Waals surface area contributed by atoms with E-state index in [1.54, 1.807) is 0 Å². The lowest BCUT2D eigenvalue weighted by Crippen LogP contribution is -2.24. The van der Waals surface area contributed by atoms with Gasteiger partial charge in [-0.15, -0.1) is 0 Å². The van der Waals surface area contributed by atoms with E-state index >= 15 is 0 Å². The normalized spacial score (nSPS) is 12.6. The summed E-state index contributed by atoms with van der Waals surface area (Å²) in [7, 11) is 1.92. The number of aromatic nitrogens is 2. The van der Waals surface area contributed by atoms with Gasteiger partial charge in [-0.2, -0.15) is 5.10 Å². The lowest BCUT2D eigenvalue weighted by Gasteiger charge is -2.17. The van der Waals surface area contributed by atoms with Crippen LogP contribution < -0.4 is 5.32 Å². The Kier molecular flexibility index (Phi) is 5.30.